The quantitative estimate of drug-likeness (QED) is 0.884. The molecule has 0 aromatic heterocycles. The fourth-order valence-corrected chi connectivity index (χ4v) is 2.51. The number of ether oxygens (including phenoxy) is 1. The molecule has 0 radical (unpaired) electrons. The molecule has 1 heterocycles. The minimum atomic E-state index is -0.318. The van der Waals surface area contributed by atoms with Crippen molar-refractivity contribution in [1.82, 2.24) is 4.90 Å². The molecule has 132 valence electrons. The number of halogens is 3. The molecule has 23 heavy (non-hydrogen) atoms. The Morgan fingerprint density at radius 1 is 1.30 bits per heavy atom. The predicted molar refractivity (Wildman–Crippen MR) is 94.5 cm³/mol. The van der Waals surface area contributed by atoms with Crippen LogP contribution in [0.1, 0.15) is 13.3 Å². The number of carbonyl (C=O) groups is 1. The van der Waals surface area contributed by atoms with Gasteiger partial charge >= 0.3 is 0 Å². The van der Waals surface area contributed by atoms with Crippen molar-refractivity contribution in [1.29, 1.82) is 0 Å². The van der Waals surface area contributed by atoms with Gasteiger partial charge in [-0.15, -0.1) is 24.8 Å². The first-order chi connectivity index (χ1) is 10.0. The van der Waals surface area contributed by atoms with E-state index in [-0.39, 0.29) is 42.6 Å². The third-order valence-corrected chi connectivity index (χ3v) is 3.61. The average Bonchev–Trinajstić information content (AvgIpc) is 2.46. The van der Waals surface area contributed by atoms with E-state index in [1.807, 2.05) is 11.8 Å². The monoisotopic (exact) mass is 367 g/mol. The number of methoxy groups -OCH3 is 1. The highest BCUT2D eigenvalue weighted by molar-refractivity contribution is 5.85. The predicted octanol–water partition coefficient (Wildman–Crippen LogP) is 2.06. The van der Waals surface area contributed by atoms with Crippen LogP contribution in [0.2, 0.25) is 0 Å². The third-order valence-electron chi connectivity index (χ3n) is 3.61. The van der Waals surface area contributed by atoms with Crippen LogP contribution in [-0.2, 0) is 4.79 Å². The average molecular weight is 368 g/mol. The zero-order chi connectivity index (χ0) is 15.4. The summed E-state index contributed by atoms with van der Waals surface area (Å²) in [4.78, 5) is 15.9. The maximum absolute atomic E-state index is 13.2. The number of nitrogens with zero attached hydrogens (tertiary/aromatic N) is 2. The Labute approximate surface area is 148 Å². The Morgan fingerprint density at radius 2 is 1.91 bits per heavy atom. The summed E-state index contributed by atoms with van der Waals surface area (Å²) >= 11 is 0. The summed E-state index contributed by atoms with van der Waals surface area (Å²) in [6.07, 6.45) is 0.375. The lowest BCUT2D eigenvalue weighted by Crippen LogP contribution is -2.49. The van der Waals surface area contributed by atoms with Crippen molar-refractivity contribution in [2.45, 2.75) is 19.4 Å². The molecule has 1 aliphatic rings. The highest BCUT2D eigenvalue weighted by atomic mass is 35.5. The first-order valence-electron chi connectivity index (χ1n) is 7.13. The van der Waals surface area contributed by atoms with Gasteiger partial charge in [0, 0.05) is 44.7 Å². The van der Waals surface area contributed by atoms with Crippen LogP contribution in [0.3, 0.4) is 0 Å². The fraction of sp³-hybridized carbons (Fsp3) is 0.533. The molecule has 1 amide bonds. The first-order valence-corrected chi connectivity index (χ1v) is 7.13. The van der Waals surface area contributed by atoms with Gasteiger partial charge in [-0.1, -0.05) is 0 Å². The van der Waals surface area contributed by atoms with E-state index in [1.54, 1.807) is 6.07 Å². The van der Waals surface area contributed by atoms with E-state index in [2.05, 4.69) is 4.90 Å². The molecule has 1 aromatic carbocycles. The van der Waals surface area contributed by atoms with Crippen LogP contribution in [0.5, 0.6) is 5.75 Å². The lowest BCUT2D eigenvalue weighted by molar-refractivity contribution is -0.131. The SMILES string of the molecule is COc1cc(F)ccc1N1CCN(C(=O)CC(C)N)CC1.Cl.Cl. The molecular formula is C15H24Cl2FN3O2. The number of amides is 1. The third kappa shape index (κ3) is 5.71. The van der Waals surface area contributed by atoms with Gasteiger partial charge < -0.3 is 20.3 Å². The minimum Gasteiger partial charge on any atom is -0.494 e. The van der Waals surface area contributed by atoms with Crippen molar-refractivity contribution < 1.29 is 13.9 Å². The number of piperazine rings is 1. The van der Waals surface area contributed by atoms with Crippen molar-refractivity contribution in [2.24, 2.45) is 5.73 Å². The maximum Gasteiger partial charge on any atom is 0.224 e. The van der Waals surface area contributed by atoms with Crippen LogP contribution in [0.25, 0.3) is 0 Å². The van der Waals surface area contributed by atoms with Gasteiger partial charge in [-0.2, -0.15) is 0 Å². The molecule has 1 aliphatic heterocycles. The van der Waals surface area contributed by atoms with E-state index in [4.69, 9.17) is 10.5 Å². The highest BCUT2D eigenvalue weighted by Crippen LogP contribution is 2.29. The summed E-state index contributed by atoms with van der Waals surface area (Å²) in [6.45, 7) is 4.52. The molecule has 2 N–H and O–H groups in total. The normalized spacial score (nSPS) is 15.3. The summed E-state index contributed by atoms with van der Waals surface area (Å²) < 4.78 is 18.5. The lowest BCUT2D eigenvalue weighted by atomic mass is 10.2. The molecule has 0 spiro atoms. The van der Waals surface area contributed by atoms with Crippen LogP contribution < -0.4 is 15.4 Å². The Bertz CT molecular complexity index is 509. The number of benzene rings is 1. The number of anilines is 1. The summed E-state index contributed by atoms with van der Waals surface area (Å²) in [5.74, 6) is 0.294. The minimum absolute atomic E-state index is 0. The molecule has 0 aliphatic carbocycles. The second kappa shape index (κ2) is 9.80. The van der Waals surface area contributed by atoms with Crippen molar-refractivity contribution in [3.05, 3.63) is 24.0 Å². The van der Waals surface area contributed by atoms with Crippen molar-refractivity contribution in [3.63, 3.8) is 0 Å². The van der Waals surface area contributed by atoms with E-state index in [9.17, 15) is 9.18 Å². The summed E-state index contributed by atoms with van der Waals surface area (Å²) in [5.41, 5.74) is 6.52. The van der Waals surface area contributed by atoms with E-state index in [0.29, 0.717) is 38.3 Å². The topological polar surface area (TPSA) is 58.8 Å². The van der Waals surface area contributed by atoms with Gasteiger partial charge in [0.05, 0.1) is 12.8 Å². The Balaban J connectivity index is 0.00000242. The van der Waals surface area contributed by atoms with Crippen molar-refractivity contribution in [3.8, 4) is 5.75 Å². The van der Waals surface area contributed by atoms with Crippen LogP contribution in [-0.4, -0.2) is 50.1 Å². The fourth-order valence-electron chi connectivity index (χ4n) is 2.51. The van der Waals surface area contributed by atoms with Crippen LogP contribution in [0.15, 0.2) is 18.2 Å². The second-order valence-corrected chi connectivity index (χ2v) is 5.37. The van der Waals surface area contributed by atoms with Crippen molar-refractivity contribution in [2.75, 3.05) is 38.2 Å². The molecule has 0 saturated carbocycles. The standard InChI is InChI=1S/C15H22FN3O2.2ClH/c1-11(17)9-15(20)19-7-5-18(6-8-19)13-4-3-12(16)10-14(13)21-2;;/h3-4,10-11H,5-9,17H2,1-2H3;2*1H. The highest BCUT2D eigenvalue weighted by Gasteiger charge is 2.23. The second-order valence-electron chi connectivity index (χ2n) is 5.37. The number of nitrogens with two attached hydrogens (primary N) is 1. The zero-order valence-corrected chi connectivity index (χ0v) is 15.0. The van der Waals surface area contributed by atoms with Crippen LogP contribution in [0, 0.1) is 5.82 Å². The van der Waals surface area contributed by atoms with Gasteiger partial charge in [0.2, 0.25) is 5.91 Å². The number of carbonyl (C=O) groups excluding carboxylic acids is 1. The molecular weight excluding hydrogens is 344 g/mol. The van der Waals surface area contributed by atoms with Gasteiger partial charge in [-0.25, -0.2) is 4.39 Å². The first kappa shape index (κ1) is 21.8. The summed E-state index contributed by atoms with van der Waals surface area (Å²) in [6, 6.07) is 4.40. The van der Waals surface area contributed by atoms with Crippen LogP contribution >= 0.6 is 24.8 Å². The van der Waals surface area contributed by atoms with E-state index < -0.39 is 0 Å². The lowest BCUT2D eigenvalue weighted by Gasteiger charge is -2.36. The van der Waals surface area contributed by atoms with Gasteiger partial charge in [0.15, 0.2) is 0 Å². The van der Waals surface area contributed by atoms with E-state index >= 15 is 0 Å². The molecule has 8 heteroatoms. The summed E-state index contributed by atoms with van der Waals surface area (Å²) in [7, 11) is 1.53. The van der Waals surface area contributed by atoms with Gasteiger partial charge in [-0.3, -0.25) is 4.79 Å². The Kier molecular flexibility index (Phi) is 9.27. The van der Waals surface area contributed by atoms with Gasteiger partial charge in [0.1, 0.15) is 11.6 Å². The molecule has 5 nitrogen and oxygen atoms in total. The van der Waals surface area contributed by atoms with Gasteiger partial charge in [0.25, 0.3) is 0 Å². The molecule has 0 bridgehead atoms. The molecule has 1 saturated heterocycles. The number of hydrogen-bond donors (Lipinski definition) is 1. The molecule has 2 rings (SSSR count). The molecule has 1 unspecified atom stereocenters. The number of hydrogen-bond acceptors (Lipinski definition) is 4. The Hall–Kier alpha value is -1.24. The summed E-state index contributed by atoms with van der Waals surface area (Å²) in [5, 5.41) is 0. The molecule has 1 aromatic rings. The zero-order valence-electron chi connectivity index (χ0n) is 13.3. The molecule has 1 fully saturated rings. The molecule has 1 atom stereocenters. The number of rotatable bonds is 4. The smallest absolute Gasteiger partial charge is 0.224 e. The largest absolute Gasteiger partial charge is 0.494 e. The van der Waals surface area contributed by atoms with E-state index in [0.717, 1.165) is 5.69 Å². The van der Waals surface area contributed by atoms with Crippen LogP contribution in [0.4, 0.5) is 10.1 Å². The van der Waals surface area contributed by atoms with E-state index in [1.165, 1.54) is 19.2 Å². The van der Waals surface area contributed by atoms with Crippen molar-refractivity contribution >= 4 is 36.4 Å². The van der Waals surface area contributed by atoms with Gasteiger partial charge in [-0.05, 0) is 19.1 Å². The maximum atomic E-state index is 13.2. The Morgan fingerprint density at radius 3 is 2.43 bits per heavy atom.